The van der Waals surface area contributed by atoms with Crippen molar-refractivity contribution in [2.45, 2.75) is 6.61 Å². The highest BCUT2D eigenvalue weighted by atomic mass is 16.6. The van der Waals surface area contributed by atoms with Crippen LogP contribution in [0.2, 0.25) is 0 Å². The van der Waals surface area contributed by atoms with E-state index in [-0.39, 0.29) is 6.61 Å². The van der Waals surface area contributed by atoms with E-state index in [0.717, 1.165) is 11.1 Å². The van der Waals surface area contributed by atoms with Crippen molar-refractivity contribution in [1.29, 1.82) is 5.26 Å². The van der Waals surface area contributed by atoms with Crippen LogP contribution in [0.4, 0.5) is 5.69 Å². The lowest BCUT2D eigenvalue weighted by Crippen LogP contribution is -2.17. The van der Waals surface area contributed by atoms with Gasteiger partial charge in [0.05, 0.1) is 17.5 Å². The highest BCUT2D eigenvalue weighted by Gasteiger charge is 2.06. The number of nitrogens with one attached hydrogen (secondary N) is 1. The van der Waals surface area contributed by atoms with Crippen LogP contribution in [-0.2, 0) is 16.2 Å². The van der Waals surface area contributed by atoms with E-state index in [1.165, 1.54) is 6.21 Å². The number of hydrogen-bond acceptors (Lipinski definition) is 5. The zero-order chi connectivity index (χ0) is 20.3. The van der Waals surface area contributed by atoms with Crippen molar-refractivity contribution in [3.63, 3.8) is 0 Å². The standard InChI is InChI=1S/C23H19N3O3/c24-14-20-10-4-5-12-22(20)26-23(27)17-29-25-15-19-9-6-11-21(13-19)28-16-18-7-2-1-3-8-18/h1-13,15H,16-17H2,(H,26,27)/b25-15+. The molecule has 0 saturated carbocycles. The number of anilines is 1. The van der Waals surface area contributed by atoms with Crippen molar-refractivity contribution in [3.8, 4) is 11.8 Å². The molecule has 0 unspecified atom stereocenters. The molecule has 6 nitrogen and oxygen atoms in total. The number of nitriles is 1. The highest BCUT2D eigenvalue weighted by Crippen LogP contribution is 2.15. The fraction of sp³-hybridized carbons (Fsp3) is 0.0870. The van der Waals surface area contributed by atoms with Gasteiger partial charge in [0, 0.05) is 0 Å². The average Bonchev–Trinajstić information content (AvgIpc) is 2.77. The molecule has 0 aliphatic heterocycles. The minimum atomic E-state index is -0.398. The van der Waals surface area contributed by atoms with E-state index in [1.807, 2.05) is 60.7 Å². The first-order chi connectivity index (χ1) is 14.2. The third-order valence-electron chi connectivity index (χ3n) is 3.90. The number of hydrogen-bond donors (Lipinski definition) is 1. The Morgan fingerprint density at radius 1 is 1.03 bits per heavy atom. The largest absolute Gasteiger partial charge is 0.489 e. The molecule has 1 amide bonds. The molecule has 1 N–H and O–H groups in total. The van der Waals surface area contributed by atoms with Crippen molar-refractivity contribution in [1.82, 2.24) is 0 Å². The van der Waals surface area contributed by atoms with Crippen LogP contribution in [0.1, 0.15) is 16.7 Å². The molecule has 0 spiro atoms. The first-order valence-electron chi connectivity index (χ1n) is 8.96. The van der Waals surface area contributed by atoms with E-state index in [2.05, 4.69) is 10.5 Å². The number of ether oxygens (including phenoxy) is 1. The lowest BCUT2D eigenvalue weighted by molar-refractivity contribution is -0.120. The summed E-state index contributed by atoms with van der Waals surface area (Å²) >= 11 is 0. The van der Waals surface area contributed by atoms with E-state index in [1.54, 1.807) is 24.3 Å². The number of para-hydroxylation sites is 1. The molecule has 0 aliphatic rings. The number of carbonyl (C=O) groups is 1. The van der Waals surface area contributed by atoms with Crippen molar-refractivity contribution < 1.29 is 14.4 Å². The van der Waals surface area contributed by atoms with E-state index in [9.17, 15) is 4.79 Å². The second-order valence-corrected chi connectivity index (χ2v) is 6.06. The summed E-state index contributed by atoms with van der Waals surface area (Å²) in [5.41, 5.74) is 2.69. The predicted octanol–water partition coefficient (Wildman–Crippen LogP) is 4.13. The zero-order valence-electron chi connectivity index (χ0n) is 15.6. The van der Waals surface area contributed by atoms with Crippen LogP contribution in [-0.4, -0.2) is 18.7 Å². The Bertz CT molecular complexity index is 1030. The summed E-state index contributed by atoms with van der Waals surface area (Å²) in [6, 6.07) is 26.1. The van der Waals surface area contributed by atoms with Gasteiger partial charge in [-0.3, -0.25) is 4.79 Å². The SMILES string of the molecule is N#Cc1ccccc1NC(=O)CO/N=C/c1cccc(OCc2ccccc2)c1. The van der Waals surface area contributed by atoms with Gasteiger partial charge in [0.15, 0.2) is 6.61 Å². The molecule has 0 atom stereocenters. The van der Waals surface area contributed by atoms with E-state index >= 15 is 0 Å². The summed E-state index contributed by atoms with van der Waals surface area (Å²) in [7, 11) is 0. The maximum Gasteiger partial charge on any atom is 0.265 e. The van der Waals surface area contributed by atoms with E-state index in [4.69, 9.17) is 14.8 Å². The number of amides is 1. The zero-order valence-corrected chi connectivity index (χ0v) is 15.6. The fourth-order valence-electron chi connectivity index (χ4n) is 2.50. The van der Waals surface area contributed by atoms with Gasteiger partial charge in [-0.1, -0.05) is 59.8 Å². The van der Waals surface area contributed by atoms with Gasteiger partial charge in [-0.2, -0.15) is 5.26 Å². The van der Waals surface area contributed by atoms with Crippen LogP contribution < -0.4 is 10.1 Å². The van der Waals surface area contributed by atoms with Gasteiger partial charge in [-0.05, 0) is 35.4 Å². The maximum atomic E-state index is 11.9. The second-order valence-electron chi connectivity index (χ2n) is 6.06. The third kappa shape index (κ3) is 6.22. The Hall–Kier alpha value is -4.11. The molecule has 3 aromatic carbocycles. The normalized spacial score (nSPS) is 10.3. The summed E-state index contributed by atoms with van der Waals surface area (Å²) in [4.78, 5) is 17.0. The van der Waals surface area contributed by atoms with Crippen molar-refractivity contribution >= 4 is 17.8 Å². The third-order valence-corrected chi connectivity index (χ3v) is 3.90. The van der Waals surface area contributed by atoms with E-state index < -0.39 is 5.91 Å². The lowest BCUT2D eigenvalue weighted by atomic mass is 10.2. The first-order valence-corrected chi connectivity index (χ1v) is 8.96. The summed E-state index contributed by atoms with van der Waals surface area (Å²) in [5.74, 6) is 0.313. The van der Waals surface area contributed by atoms with Crippen molar-refractivity contribution in [2.24, 2.45) is 5.16 Å². The van der Waals surface area contributed by atoms with Gasteiger partial charge in [0.1, 0.15) is 18.4 Å². The molecule has 0 radical (unpaired) electrons. The lowest BCUT2D eigenvalue weighted by Gasteiger charge is -2.07. The van der Waals surface area contributed by atoms with Gasteiger partial charge < -0.3 is 14.9 Å². The molecule has 0 aromatic heterocycles. The van der Waals surface area contributed by atoms with Crippen LogP contribution in [0.5, 0.6) is 5.75 Å². The summed E-state index contributed by atoms with van der Waals surface area (Å²) in [6.07, 6.45) is 1.51. The summed E-state index contributed by atoms with van der Waals surface area (Å²) in [6.45, 7) is 0.211. The van der Waals surface area contributed by atoms with Gasteiger partial charge in [-0.15, -0.1) is 0 Å². The number of nitrogens with zero attached hydrogens (tertiary/aromatic N) is 2. The maximum absolute atomic E-state index is 11.9. The molecular formula is C23H19N3O3. The molecule has 0 heterocycles. The number of oxime groups is 1. The fourth-order valence-corrected chi connectivity index (χ4v) is 2.50. The van der Waals surface area contributed by atoms with Crippen LogP contribution in [0, 0.1) is 11.3 Å². The molecule has 144 valence electrons. The minimum absolute atomic E-state index is 0.263. The Kier molecular flexibility index (Phi) is 6.97. The number of carbonyl (C=O) groups excluding carboxylic acids is 1. The molecule has 0 aliphatic carbocycles. The monoisotopic (exact) mass is 385 g/mol. The Morgan fingerprint density at radius 2 is 1.83 bits per heavy atom. The van der Waals surface area contributed by atoms with Gasteiger partial charge >= 0.3 is 0 Å². The van der Waals surface area contributed by atoms with Gasteiger partial charge in [0.2, 0.25) is 0 Å². The number of benzene rings is 3. The van der Waals surface area contributed by atoms with Crippen molar-refractivity contribution in [2.75, 3.05) is 11.9 Å². The molecule has 0 bridgehead atoms. The molecule has 0 saturated heterocycles. The Morgan fingerprint density at radius 3 is 2.66 bits per heavy atom. The predicted molar refractivity (Wildman–Crippen MR) is 111 cm³/mol. The molecule has 0 fully saturated rings. The molecule has 3 aromatic rings. The minimum Gasteiger partial charge on any atom is -0.489 e. The van der Waals surface area contributed by atoms with Gasteiger partial charge in [-0.25, -0.2) is 0 Å². The van der Waals surface area contributed by atoms with Crippen LogP contribution >= 0.6 is 0 Å². The Balaban J connectivity index is 1.47. The second kappa shape index (κ2) is 10.3. The van der Waals surface area contributed by atoms with Crippen LogP contribution in [0.15, 0.2) is 84.0 Å². The average molecular weight is 385 g/mol. The van der Waals surface area contributed by atoms with Gasteiger partial charge in [0.25, 0.3) is 5.91 Å². The molecule has 3 rings (SSSR count). The topological polar surface area (TPSA) is 83.7 Å². The highest BCUT2D eigenvalue weighted by molar-refractivity contribution is 5.93. The smallest absolute Gasteiger partial charge is 0.265 e. The summed E-state index contributed by atoms with van der Waals surface area (Å²) in [5, 5.41) is 15.5. The van der Waals surface area contributed by atoms with E-state index in [0.29, 0.717) is 23.6 Å². The van der Waals surface area contributed by atoms with Crippen LogP contribution in [0.25, 0.3) is 0 Å². The molecule has 29 heavy (non-hydrogen) atoms. The quantitative estimate of drug-likeness (QED) is 0.467. The summed E-state index contributed by atoms with van der Waals surface area (Å²) < 4.78 is 5.77. The first kappa shape index (κ1) is 19.6. The van der Waals surface area contributed by atoms with Crippen molar-refractivity contribution in [3.05, 3.63) is 95.6 Å². The molecular weight excluding hydrogens is 366 g/mol. The Labute approximate surface area is 169 Å². The number of rotatable bonds is 8. The molecule has 6 heteroatoms. The van der Waals surface area contributed by atoms with Crippen LogP contribution in [0.3, 0.4) is 0 Å².